The fraction of sp³-hybridized carbons (Fsp3) is 0.875. The Labute approximate surface area is 120 Å². The summed E-state index contributed by atoms with van der Waals surface area (Å²) in [5.41, 5.74) is 5.92. The molecule has 3 aliphatic rings. The molecule has 3 aliphatic carbocycles. The summed E-state index contributed by atoms with van der Waals surface area (Å²) in [4.78, 5) is 4.80. The molecule has 1 heterocycles. The molecule has 2 bridgehead atoms. The highest BCUT2D eigenvalue weighted by molar-refractivity contribution is 5.08. The van der Waals surface area contributed by atoms with Crippen molar-refractivity contribution in [3.63, 3.8) is 0 Å². The Balaban J connectivity index is 1.52. The van der Waals surface area contributed by atoms with E-state index in [0.717, 1.165) is 30.1 Å². The number of nitrogens with zero attached hydrogens (tertiary/aromatic N) is 2. The molecule has 0 aromatic carbocycles. The van der Waals surface area contributed by atoms with Crippen molar-refractivity contribution in [2.45, 2.75) is 63.2 Å². The Morgan fingerprint density at radius 2 is 1.95 bits per heavy atom. The average Bonchev–Trinajstić information content (AvgIpc) is 3.22. The summed E-state index contributed by atoms with van der Waals surface area (Å²) in [6.07, 6.45) is 10.4. The fourth-order valence-corrected chi connectivity index (χ4v) is 4.92. The second kappa shape index (κ2) is 5.14. The molecule has 3 fully saturated rings. The third-order valence-corrected chi connectivity index (χ3v) is 6.06. The van der Waals surface area contributed by atoms with Crippen LogP contribution in [0.4, 0.5) is 0 Å². The van der Waals surface area contributed by atoms with E-state index < -0.39 is 0 Å². The number of aromatic nitrogens is 2. The largest absolute Gasteiger partial charge is 0.339 e. The van der Waals surface area contributed by atoms with Crippen LogP contribution in [-0.2, 0) is 0 Å². The molecule has 5 atom stereocenters. The first-order chi connectivity index (χ1) is 9.85. The van der Waals surface area contributed by atoms with Crippen molar-refractivity contribution in [2.24, 2.45) is 23.5 Å². The van der Waals surface area contributed by atoms with E-state index in [2.05, 4.69) is 5.16 Å². The topological polar surface area (TPSA) is 64.9 Å². The van der Waals surface area contributed by atoms with Gasteiger partial charge in [-0.1, -0.05) is 24.4 Å². The predicted octanol–water partition coefficient (Wildman–Crippen LogP) is 3.21. The van der Waals surface area contributed by atoms with Crippen molar-refractivity contribution in [3.05, 3.63) is 11.7 Å². The molecular formula is C16H25N3O. The van der Waals surface area contributed by atoms with Crippen LogP contribution in [0.5, 0.6) is 0 Å². The van der Waals surface area contributed by atoms with Gasteiger partial charge in [-0.3, -0.25) is 0 Å². The third-order valence-electron chi connectivity index (χ3n) is 6.06. The zero-order valence-electron chi connectivity index (χ0n) is 12.1. The summed E-state index contributed by atoms with van der Waals surface area (Å²) < 4.78 is 5.64. The van der Waals surface area contributed by atoms with Crippen LogP contribution in [0.2, 0.25) is 0 Å². The monoisotopic (exact) mass is 275 g/mol. The second-order valence-electron chi connectivity index (χ2n) is 7.16. The average molecular weight is 275 g/mol. The van der Waals surface area contributed by atoms with E-state index in [0.29, 0.717) is 17.8 Å². The lowest BCUT2D eigenvalue weighted by Crippen LogP contribution is -2.25. The van der Waals surface area contributed by atoms with E-state index >= 15 is 0 Å². The van der Waals surface area contributed by atoms with E-state index in [4.69, 9.17) is 15.2 Å². The minimum absolute atomic E-state index is 0.411. The van der Waals surface area contributed by atoms with Gasteiger partial charge in [0.1, 0.15) is 0 Å². The zero-order valence-corrected chi connectivity index (χ0v) is 12.1. The summed E-state index contributed by atoms with van der Waals surface area (Å²) in [5.74, 6) is 5.14. The Morgan fingerprint density at radius 3 is 2.70 bits per heavy atom. The molecule has 0 saturated heterocycles. The van der Waals surface area contributed by atoms with Gasteiger partial charge in [0.15, 0.2) is 5.82 Å². The van der Waals surface area contributed by atoms with Gasteiger partial charge in [0, 0.05) is 11.8 Å². The summed E-state index contributed by atoms with van der Waals surface area (Å²) in [6.45, 7) is 0.747. The molecule has 4 heteroatoms. The smallest absolute Gasteiger partial charge is 0.230 e. The van der Waals surface area contributed by atoms with Gasteiger partial charge in [-0.2, -0.15) is 4.98 Å². The first-order valence-electron chi connectivity index (χ1n) is 8.38. The molecule has 0 aliphatic heterocycles. The van der Waals surface area contributed by atoms with Crippen LogP contribution in [-0.4, -0.2) is 16.7 Å². The fourth-order valence-electron chi connectivity index (χ4n) is 4.92. The molecule has 5 unspecified atom stereocenters. The molecular weight excluding hydrogens is 250 g/mol. The summed E-state index contributed by atoms with van der Waals surface area (Å²) in [6, 6.07) is 0. The second-order valence-corrected chi connectivity index (χ2v) is 7.16. The number of rotatable bonds is 3. The van der Waals surface area contributed by atoms with E-state index in [1.807, 2.05) is 0 Å². The van der Waals surface area contributed by atoms with Crippen LogP contribution in [0.1, 0.15) is 74.9 Å². The van der Waals surface area contributed by atoms with E-state index in [1.165, 1.54) is 51.4 Å². The van der Waals surface area contributed by atoms with Crippen LogP contribution >= 0.6 is 0 Å². The van der Waals surface area contributed by atoms with E-state index in [-0.39, 0.29) is 0 Å². The molecule has 1 aromatic rings. The normalized spacial score (nSPS) is 40.4. The molecule has 4 rings (SSSR count). The lowest BCUT2D eigenvalue weighted by Gasteiger charge is -2.27. The maximum atomic E-state index is 5.92. The van der Waals surface area contributed by atoms with Crippen molar-refractivity contribution in [3.8, 4) is 0 Å². The molecule has 0 spiro atoms. The summed E-state index contributed by atoms with van der Waals surface area (Å²) >= 11 is 0. The zero-order chi connectivity index (χ0) is 13.5. The first kappa shape index (κ1) is 12.8. The minimum Gasteiger partial charge on any atom is -0.339 e. The quantitative estimate of drug-likeness (QED) is 0.920. The van der Waals surface area contributed by atoms with Crippen molar-refractivity contribution >= 4 is 0 Å². The van der Waals surface area contributed by atoms with Crippen LogP contribution in [0.15, 0.2) is 4.52 Å². The molecule has 4 nitrogen and oxygen atoms in total. The van der Waals surface area contributed by atoms with Gasteiger partial charge in [-0.05, 0) is 56.4 Å². The van der Waals surface area contributed by atoms with Gasteiger partial charge in [0.05, 0.1) is 0 Å². The highest BCUT2D eigenvalue weighted by Gasteiger charge is 2.43. The Bertz CT molecular complexity index is 472. The van der Waals surface area contributed by atoms with Crippen molar-refractivity contribution in [2.75, 3.05) is 6.54 Å². The van der Waals surface area contributed by atoms with Crippen LogP contribution in [0.25, 0.3) is 0 Å². The number of nitrogens with two attached hydrogens (primary N) is 1. The molecule has 0 amide bonds. The highest BCUT2D eigenvalue weighted by atomic mass is 16.5. The number of hydrogen-bond acceptors (Lipinski definition) is 4. The van der Waals surface area contributed by atoms with E-state index in [9.17, 15) is 0 Å². The van der Waals surface area contributed by atoms with Gasteiger partial charge >= 0.3 is 0 Å². The SMILES string of the molecule is NCC1CCCCC1c1nc(C2CC3CCC2C3)no1. The highest BCUT2D eigenvalue weighted by Crippen LogP contribution is 2.52. The summed E-state index contributed by atoms with van der Waals surface area (Å²) in [5, 5.41) is 4.33. The van der Waals surface area contributed by atoms with Gasteiger partial charge in [-0.25, -0.2) is 0 Å². The van der Waals surface area contributed by atoms with Gasteiger partial charge in [0.2, 0.25) is 5.89 Å². The van der Waals surface area contributed by atoms with Crippen molar-refractivity contribution < 1.29 is 4.52 Å². The lowest BCUT2D eigenvalue weighted by molar-refractivity contribution is 0.248. The Morgan fingerprint density at radius 1 is 1.05 bits per heavy atom. The Hall–Kier alpha value is -0.900. The minimum atomic E-state index is 0.411. The molecule has 110 valence electrons. The molecule has 1 aromatic heterocycles. The number of hydrogen-bond donors (Lipinski definition) is 1. The van der Waals surface area contributed by atoms with Crippen molar-refractivity contribution in [1.82, 2.24) is 10.1 Å². The van der Waals surface area contributed by atoms with Gasteiger partial charge < -0.3 is 10.3 Å². The molecule has 20 heavy (non-hydrogen) atoms. The van der Waals surface area contributed by atoms with Crippen LogP contribution < -0.4 is 5.73 Å². The summed E-state index contributed by atoms with van der Waals surface area (Å²) in [7, 11) is 0. The lowest BCUT2D eigenvalue weighted by atomic mass is 9.79. The molecule has 0 radical (unpaired) electrons. The molecule has 2 N–H and O–H groups in total. The van der Waals surface area contributed by atoms with Crippen LogP contribution in [0.3, 0.4) is 0 Å². The maximum absolute atomic E-state index is 5.92. The van der Waals surface area contributed by atoms with Gasteiger partial charge in [0.25, 0.3) is 0 Å². The Kier molecular flexibility index (Phi) is 3.29. The van der Waals surface area contributed by atoms with Gasteiger partial charge in [-0.15, -0.1) is 0 Å². The third kappa shape index (κ3) is 2.09. The number of fused-ring (bicyclic) bond motifs is 2. The standard InChI is InChI=1S/C16H25N3O/c17-9-12-3-1-2-4-13(12)16-18-15(19-20-16)14-8-10-5-6-11(14)7-10/h10-14H,1-9,17H2. The maximum Gasteiger partial charge on any atom is 0.230 e. The molecule has 3 saturated carbocycles. The predicted molar refractivity (Wildman–Crippen MR) is 76.2 cm³/mol. The first-order valence-corrected chi connectivity index (χ1v) is 8.38. The van der Waals surface area contributed by atoms with Crippen molar-refractivity contribution in [1.29, 1.82) is 0 Å². The van der Waals surface area contributed by atoms with Crippen LogP contribution in [0, 0.1) is 17.8 Å². The van der Waals surface area contributed by atoms with E-state index in [1.54, 1.807) is 0 Å².